The minimum absolute atomic E-state index is 0.00806. The third-order valence-corrected chi connectivity index (χ3v) is 2.73. The van der Waals surface area contributed by atoms with Crippen molar-refractivity contribution in [3.05, 3.63) is 15.9 Å². The Morgan fingerprint density at radius 3 is 2.79 bits per heavy atom. The van der Waals surface area contributed by atoms with Crippen molar-refractivity contribution in [2.75, 3.05) is 6.54 Å². The molecule has 1 aromatic rings. The fraction of sp³-hybridized carbons (Fsp3) is 0.667. The lowest BCUT2D eigenvalue weighted by Gasteiger charge is -2.21. The minimum atomic E-state index is -0.190. The molecule has 3 N–H and O–H groups in total. The fourth-order valence-corrected chi connectivity index (χ4v) is 1.96. The summed E-state index contributed by atoms with van der Waals surface area (Å²) in [5.41, 5.74) is 0.289. The number of piperidine rings is 1. The third-order valence-electron chi connectivity index (χ3n) is 2.73. The summed E-state index contributed by atoms with van der Waals surface area (Å²) in [5.74, 6) is 0.0504. The molecule has 0 aromatic carbocycles. The van der Waals surface area contributed by atoms with Crippen LogP contribution in [-0.4, -0.2) is 21.4 Å². The normalized spacial score (nSPS) is 22.5. The zero-order chi connectivity index (χ0) is 10.1. The van der Waals surface area contributed by atoms with E-state index in [-0.39, 0.29) is 17.5 Å². The predicted octanol–water partition coefficient (Wildman–Crippen LogP) is 0.234. The van der Waals surface area contributed by atoms with Crippen LogP contribution in [0.5, 0.6) is 5.88 Å². The molecule has 5 heteroatoms. The second kappa shape index (κ2) is 3.49. The van der Waals surface area contributed by atoms with Gasteiger partial charge in [-0.15, -0.1) is 0 Å². The molecule has 1 aliphatic heterocycles. The van der Waals surface area contributed by atoms with E-state index in [1.165, 1.54) is 4.68 Å². The van der Waals surface area contributed by atoms with E-state index in [0.717, 1.165) is 25.8 Å². The van der Waals surface area contributed by atoms with Gasteiger partial charge in [-0.2, -0.15) is 0 Å². The monoisotopic (exact) mass is 197 g/mol. The van der Waals surface area contributed by atoms with E-state index in [4.69, 9.17) is 0 Å². The minimum Gasteiger partial charge on any atom is -0.493 e. The summed E-state index contributed by atoms with van der Waals surface area (Å²) in [5, 5.41) is 15.4. The number of hydrogen-bond donors (Lipinski definition) is 3. The van der Waals surface area contributed by atoms with E-state index >= 15 is 0 Å². The smallest absolute Gasteiger partial charge is 0.272 e. The van der Waals surface area contributed by atoms with Gasteiger partial charge in [0.15, 0.2) is 0 Å². The molecule has 0 bridgehead atoms. The van der Waals surface area contributed by atoms with Crippen molar-refractivity contribution in [2.45, 2.75) is 25.3 Å². The van der Waals surface area contributed by atoms with Crippen LogP contribution in [0.2, 0.25) is 0 Å². The Balaban J connectivity index is 2.34. The molecule has 1 unspecified atom stereocenters. The maximum atomic E-state index is 11.5. The van der Waals surface area contributed by atoms with Crippen LogP contribution in [0.3, 0.4) is 0 Å². The van der Waals surface area contributed by atoms with Gasteiger partial charge in [-0.05, 0) is 19.4 Å². The average molecular weight is 197 g/mol. The van der Waals surface area contributed by atoms with E-state index in [1.807, 2.05) is 0 Å². The highest BCUT2D eigenvalue weighted by molar-refractivity contribution is 5.26. The van der Waals surface area contributed by atoms with Crippen molar-refractivity contribution in [1.29, 1.82) is 0 Å². The number of aromatic hydroxyl groups is 1. The Morgan fingerprint density at radius 2 is 2.29 bits per heavy atom. The lowest BCUT2D eigenvalue weighted by molar-refractivity contribution is 0.375. The van der Waals surface area contributed by atoms with E-state index in [1.54, 1.807) is 7.05 Å². The van der Waals surface area contributed by atoms with Crippen molar-refractivity contribution in [2.24, 2.45) is 7.05 Å². The van der Waals surface area contributed by atoms with Crippen molar-refractivity contribution in [3.63, 3.8) is 0 Å². The summed E-state index contributed by atoms with van der Waals surface area (Å²) in [4.78, 5) is 11.5. The van der Waals surface area contributed by atoms with Crippen molar-refractivity contribution in [1.82, 2.24) is 15.1 Å². The van der Waals surface area contributed by atoms with Crippen LogP contribution in [0.25, 0.3) is 0 Å². The van der Waals surface area contributed by atoms with Crippen LogP contribution >= 0.6 is 0 Å². The molecule has 1 fully saturated rings. The molecule has 2 heterocycles. The zero-order valence-corrected chi connectivity index (χ0v) is 8.21. The van der Waals surface area contributed by atoms with Crippen molar-refractivity contribution >= 4 is 0 Å². The third kappa shape index (κ3) is 1.43. The maximum Gasteiger partial charge on any atom is 0.272 e. The lowest BCUT2D eigenvalue weighted by Crippen LogP contribution is -2.29. The van der Waals surface area contributed by atoms with Crippen LogP contribution in [0, 0.1) is 0 Å². The number of nitrogens with zero attached hydrogens (tertiary/aromatic N) is 1. The van der Waals surface area contributed by atoms with Gasteiger partial charge in [0.05, 0.1) is 5.56 Å². The molecule has 0 radical (unpaired) electrons. The Morgan fingerprint density at radius 1 is 1.50 bits per heavy atom. The topological polar surface area (TPSA) is 70.0 Å². The SMILES string of the molecule is Cn1[nH]c(=O)c(C2CCCCN2)c1O. The highest BCUT2D eigenvalue weighted by Crippen LogP contribution is 2.26. The number of nitrogens with one attached hydrogen (secondary N) is 2. The molecule has 0 saturated carbocycles. The largest absolute Gasteiger partial charge is 0.493 e. The molecule has 0 amide bonds. The molecule has 0 aliphatic carbocycles. The summed E-state index contributed by atoms with van der Waals surface area (Å²) in [6.45, 7) is 0.915. The number of hydrogen-bond acceptors (Lipinski definition) is 3. The van der Waals surface area contributed by atoms with Crippen LogP contribution in [-0.2, 0) is 7.05 Å². The Hall–Kier alpha value is -1.23. The van der Waals surface area contributed by atoms with E-state index in [9.17, 15) is 9.90 Å². The Bertz CT molecular complexity index is 374. The van der Waals surface area contributed by atoms with Gasteiger partial charge < -0.3 is 10.4 Å². The summed E-state index contributed by atoms with van der Waals surface area (Å²) in [6.07, 6.45) is 3.16. The van der Waals surface area contributed by atoms with Gasteiger partial charge in [-0.25, -0.2) is 0 Å². The predicted molar refractivity (Wildman–Crippen MR) is 52.3 cm³/mol. The van der Waals surface area contributed by atoms with Crippen LogP contribution in [0.4, 0.5) is 0 Å². The lowest BCUT2D eigenvalue weighted by atomic mass is 10.00. The second-order valence-electron chi connectivity index (χ2n) is 3.74. The van der Waals surface area contributed by atoms with Gasteiger partial charge in [0.1, 0.15) is 0 Å². The van der Waals surface area contributed by atoms with Crippen LogP contribution in [0.15, 0.2) is 4.79 Å². The standard InChI is InChI=1S/C9H15N3O2/c1-12-9(14)7(8(13)11-12)6-4-2-3-5-10-6/h6,10,14H,2-5H2,1H3,(H,11,13). The number of aromatic amines is 1. The van der Waals surface area contributed by atoms with E-state index < -0.39 is 0 Å². The molecule has 1 atom stereocenters. The first kappa shape index (κ1) is 9.33. The molecule has 0 spiro atoms. The summed E-state index contributed by atoms with van der Waals surface area (Å²) < 4.78 is 1.36. The summed E-state index contributed by atoms with van der Waals surface area (Å²) >= 11 is 0. The van der Waals surface area contributed by atoms with Crippen molar-refractivity contribution < 1.29 is 5.11 Å². The first-order valence-electron chi connectivity index (χ1n) is 4.91. The summed E-state index contributed by atoms with van der Waals surface area (Å²) in [6, 6.07) is 0.00806. The first-order valence-corrected chi connectivity index (χ1v) is 4.91. The molecule has 1 saturated heterocycles. The Kier molecular flexibility index (Phi) is 2.33. The quantitative estimate of drug-likeness (QED) is 0.603. The van der Waals surface area contributed by atoms with Gasteiger partial charge in [-0.1, -0.05) is 6.42 Å². The number of aryl methyl sites for hydroxylation is 1. The van der Waals surface area contributed by atoms with Crippen LogP contribution in [0.1, 0.15) is 30.9 Å². The zero-order valence-electron chi connectivity index (χ0n) is 8.21. The molecule has 78 valence electrons. The molecular weight excluding hydrogens is 182 g/mol. The van der Waals surface area contributed by atoms with Gasteiger partial charge in [0, 0.05) is 13.1 Å². The molecule has 14 heavy (non-hydrogen) atoms. The average Bonchev–Trinajstić information content (AvgIpc) is 2.43. The van der Waals surface area contributed by atoms with Gasteiger partial charge >= 0.3 is 0 Å². The highest BCUT2D eigenvalue weighted by Gasteiger charge is 2.23. The molecule has 2 rings (SSSR count). The van der Waals surface area contributed by atoms with E-state index in [0.29, 0.717) is 5.56 Å². The van der Waals surface area contributed by atoms with Crippen molar-refractivity contribution in [3.8, 4) is 5.88 Å². The molecule has 1 aliphatic rings. The molecule has 1 aromatic heterocycles. The Labute approximate surface area is 81.7 Å². The van der Waals surface area contributed by atoms with Crippen LogP contribution < -0.4 is 10.9 Å². The second-order valence-corrected chi connectivity index (χ2v) is 3.74. The maximum absolute atomic E-state index is 11.5. The molecular formula is C9H15N3O2. The van der Waals surface area contributed by atoms with Gasteiger partial charge in [0.25, 0.3) is 5.56 Å². The van der Waals surface area contributed by atoms with Gasteiger partial charge in [-0.3, -0.25) is 14.6 Å². The van der Waals surface area contributed by atoms with E-state index in [2.05, 4.69) is 10.4 Å². The number of rotatable bonds is 1. The fourth-order valence-electron chi connectivity index (χ4n) is 1.96. The van der Waals surface area contributed by atoms with Gasteiger partial charge in [0.2, 0.25) is 5.88 Å². The number of H-pyrrole nitrogens is 1. The highest BCUT2D eigenvalue weighted by atomic mass is 16.3. The molecule has 5 nitrogen and oxygen atoms in total. The number of aromatic nitrogens is 2. The summed E-state index contributed by atoms with van der Waals surface area (Å²) in [7, 11) is 1.63. The first-order chi connectivity index (χ1) is 6.70.